The molecule has 1 rings (SSSR count). The van der Waals surface area contributed by atoms with Gasteiger partial charge >= 0.3 is 0 Å². The Morgan fingerprint density at radius 2 is 2.24 bits per heavy atom. The number of hydrogen-bond donors (Lipinski definition) is 2. The molecule has 0 saturated heterocycles. The highest BCUT2D eigenvalue weighted by atomic mass is 79.9. The van der Waals surface area contributed by atoms with Crippen molar-refractivity contribution in [3.63, 3.8) is 0 Å². The molecule has 0 fully saturated rings. The smallest absolute Gasteiger partial charge is 0.252 e. The summed E-state index contributed by atoms with van der Waals surface area (Å²) in [6, 6.07) is 5.43. The molecule has 1 aromatic rings. The highest BCUT2D eigenvalue weighted by molar-refractivity contribution is 9.10. The van der Waals surface area contributed by atoms with E-state index < -0.39 is 0 Å². The largest absolute Gasteiger partial charge is 0.399 e. The van der Waals surface area contributed by atoms with Gasteiger partial charge in [0, 0.05) is 16.2 Å². The molecule has 3 nitrogen and oxygen atoms in total. The number of nitrogen functional groups attached to an aromatic ring is 1. The lowest BCUT2D eigenvalue weighted by molar-refractivity contribution is 0.0937. The highest BCUT2D eigenvalue weighted by Crippen LogP contribution is 2.19. The van der Waals surface area contributed by atoms with Gasteiger partial charge in [-0.15, -0.1) is 0 Å². The molecule has 0 radical (unpaired) electrons. The molecular weight excluding hydrogens is 280 g/mol. The minimum absolute atomic E-state index is 0.0761. The summed E-state index contributed by atoms with van der Waals surface area (Å²) in [6.45, 7) is 4.16. The summed E-state index contributed by atoms with van der Waals surface area (Å²) >= 11 is 3.36. The maximum atomic E-state index is 12.0. The van der Waals surface area contributed by atoms with Gasteiger partial charge in [0.2, 0.25) is 0 Å². The van der Waals surface area contributed by atoms with E-state index in [4.69, 9.17) is 5.73 Å². The third kappa shape index (κ3) is 4.38. The Bertz CT molecular complexity index is 393. The van der Waals surface area contributed by atoms with Crippen LogP contribution in [0, 0.1) is 0 Å². The first kappa shape index (κ1) is 14.0. The van der Waals surface area contributed by atoms with Gasteiger partial charge in [0.25, 0.3) is 5.91 Å². The van der Waals surface area contributed by atoms with Crippen molar-refractivity contribution in [2.24, 2.45) is 0 Å². The van der Waals surface area contributed by atoms with E-state index in [0.29, 0.717) is 11.3 Å². The summed E-state index contributed by atoms with van der Waals surface area (Å²) in [5.74, 6) is -0.0761. The maximum Gasteiger partial charge on any atom is 0.252 e. The quantitative estimate of drug-likeness (QED) is 0.819. The van der Waals surface area contributed by atoms with Crippen molar-refractivity contribution < 1.29 is 4.79 Å². The lowest BCUT2D eigenvalue weighted by Gasteiger charge is -2.14. The third-order valence-electron chi connectivity index (χ3n) is 2.60. The van der Waals surface area contributed by atoms with Crippen LogP contribution in [0.4, 0.5) is 5.69 Å². The number of nitrogens with one attached hydrogen (secondary N) is 1. The number of unbranched alkanes of at least 4 members (excludes halogenated alkanes) is 1. The number of carbonyl (C=O) groups excluding carboxylic acids is 1. The molecule has 3 N–H and O–H groups in total. The number of halogens is 1. The monoisotopic (exact) mass is 298 g/mol. The molecule has 0 aliphatic rings. The minimum Gasteiger partial charge on any atom is -0.399 e. The molecule has 1 atom stereocenters. The molecule has 0 spiro atoms. The molecular formula is C13H19BrN2O. The summed E-state index contributed by atoms with van der Waals surface area (Å²) < 4.78 is 0.770. The molecule has 0 bridgehead atoms. The first-order chi connectivity index (χ1) is 8.04. The Morgan fingerprint density at radius 3 is 2.88 bits per heavy atom. The SMILES string of the molecule is CCCCC(C)NC(=O)c1cc(N)ccc1Br. The van der Waals surface area contributed by atoms with Crippen LogP contribution in [0.25, 0.3) is 0 Å². The molecule has 0 aliphatic carbocycles. The van der Waals surface area contributed by atoms with E-state index in [-0.39, 0.29) is 11.9 Å². The van der Waals surface area contributed by atoms with Crippen molar-refractivity contribution in [1.29, 1.82) is 0 Å². The van der Waals surface area contributed by atoms with E-state index in [1.54, 1.807) is 18.2 Å². The number of nitrogens with two attached hydrogens (primary N) is 1. The summed E-state index contributed by atoms with van der Waals surface area (Å²) in [5, 5.41) is 2.97. The van der Waals surface area contributed by atoms with Crippen LogP contribution >= 0.6 is 15.9 Å². The molecule has 1 amide bonds. The molecule has 0 aliphatic heterocycles. The molecule has 94 valence electrons. The van der Waals surface area contributed by atoms with E-state index in [0.717, 1.165) is 23.7 Å². The lowest BCUT2D eigenvalue weighted by Crippen LogP contribution is -2.32. The van der Waals surface area contributed by atoms with E-state index in [1.165, 1.54) is 0 Å². The van der Waals surface area contributed by atoms with Crippen molar-refractivity contribution in [1.82, 2.24) is 5.32 Å². The topological polar surface area (TPSA) is 55.1 Å². The van der Waals surface area contributed by atoms with Gasteiger partial charge in [-0.2, -0.15) is 0 Å². The van der Waals surface area contributed by atoms with Gasteiger partial charge in [-0.3, -0.25) is 4.79 Å². The van der Waals surface area contributed by atoms with Crippen LogP contribution in [0.5, 0.6) is 0 Å². The van der Waals surface area contributed by atoms with Crippen LogP contribution in [0.15, 0.2) is 22.7 Å². The number of anilines is 1. The van der Waals surface area contributed by atoms with Gasteiger partial charge in [-0.1, -0.05) is 19.8 Å². The number of hydrogen-bond acceptors (Lipinski definition) is 2. The van der Waals surface area contributed by atoms with Gasteiger partial charge in [0.15, 0.2) is 0 Å². The second-order valence-corrected chi connectivity index (χ2v) is 5.11. The molecule has 4 heteroatoms. The van der Waals surface area contributed by atoms with Crippen LogP contribution in [0.2, 0.25) is 0 Å². The lowest BCUT2D eigenvalue weighted by atomic mass is 10.1. The van der Waals surface area contributed by atoms with Crippen molar-refractivity contribution in [3.8, 4) is 0 Å². The van der Waals surface area contributed by atoms with E-state index in [2.05, 4.69) is 28.2 Å². The van der Waals surface area contributed by atoms with Crippen LogP contribution in [0.1, 0.15) is 43.5 Å². The van der Waals surface area contributed by atoms with Gasteiger partial charge < -0.3 is 11.1 Å². The Balaban J connectivity index is 2.66. The van der Waals surface area contributed by atoms with Crippen molar-refractivity contribution in [2.75, 3.05) is 5.73 Å². The number of carbonyl (C=O) groups is 1. The Hall–Kier alpha value is -1.03. The van der Waals surface area contributed by atoms with Gasteiger partial charge in [-0.25, -0.2) is 0 Å². The molecule has 0 heterocycles. The highest BCUT2D eigenvalue weighted by Gasteiger charge is 2.12. The van der Waals surface area contributed by atoms with Crippen LogP contribution in [-0.4, -0.2) is 11.9 Å². The molecule has 1 aromatic carbocycles. The van der Waals surface area contributed by atoms with E-state index in [9.17, 15) is 4.79 Å². The third-order valence-corrected chi connectivity index (χ3v) is 3.29. The predicted octanol–water partition coefficient (Wildman–Crippen LogP) is 3.34. The summed E-state index contributed by atoms with van der Waals surface area (Å²) in [4.78, 5) is 12.0. The van der Waals surface area contributed by atoms with Crippen molar-refractivity contribution >= 4 is 27.5 Å². The van der Waals surface area contributed by atoms with Crippen LogP contribution < -0.4 is 11.1 Å². The average Bonchev–Trinajstić information content (AvgIpc) is 2.29. The van der Waals surface area contributed by atoms with Gasteiger partial charge in [0.1, 0.15) is 0 Å². The Kier molecular flexibility index (Phi) is 5.48. The minimum atomic E-state index is -0.0761. The second kappa shape index (κ2) is 6.64. The predicted molar refractivity (Wildman–Crippen MR) is 75.0 cm³/mol. The fraction of sp³-hybridized carbons (Fsp3) is 0.462. The zero-order valence-electron chi connectivity index (χ0n) is 10.3. The van der Waals surface area contributed by atoms with E-state index >= 15 is 0 Å². The summed E-state index contributed by atoms with van der Waals surface area (Å²) in [5.41, 5.74) is 6.86. The molecule has 0 saturated carbocycles. The molecule has 0 aromatic heterocycles. The number of amides is 1. The normalized spacial score (nSPS) is 12.2. The maximum absolute atomic E-state index is 12.0. The fourth-order valence-corrected chi connectivity index (χ4v) is 2.03. The van der Waals surface area contributed by atoms with Crippen molar-refractivity contribution in [2.45, 2.75) is 39.2 Å². The number of benzene rings is 1. The average molecular weight is 299 g/mol. The first-order valence-electron chi connectivity index (χ1n) is 5.90. The molecule has 17 heavy (non-hydrogen) atoms. The zero-order chi connectivity index (χ0) is 12.8. The van der Waals surface area contributed by atoms with Crippen molar-refractivity contribution in [3.05, 3.63) is 28.2 Å². The Labute approximate surface area is 111 Å². The van der Waals surface area contributed by atoms with Crippen LogP contribution in [0.3, 0.4) is 0 Å². The Morgan fingerprint density at radius 1 is 1.53 bits per heavy atom. The first-order valence-corrected chi connectivity index (χ1v) is 6.69. The van der Waals surface area contributed by atoms with E-state index in [1.807, 2.05) is 6.92 Å². The number of rotatable bonds is 5. The zero-order valence-corrected chi connectivity index (χ0v) is 11.9. The summed E-state index contributed by atoms with van der Waals surface area (Å²) in [6.07, 6.45) is 3.27. The van der Waals surface area contributed by atoms with Gasteiger partial charge in [0.05, 0.1) is 5.56 Å². The van der Waals surface area contributed by atoms with Crippen LogP contribution in [-0.2, 0) is 0 Å². The summed E-state index contributed by atoms with van der Waals surface area (Å²) in [7, 11) is 0. The second-order valence-electron chi connectivity index (χ2n) is 4.26. The standard InChI is InChI=1S/C13H19BrN2O/c1-3-4-5-9(2)16-13(17)11-8-10(15)6-7-12(11)14/h6-9H,3-5,15H2,1-2H3,(H,16,17). The fourth-order valence-electron chi connectivity index (χ4n) is 1.60. The van der Waals surface area contributed by atoms with Gasteiger partial charge in [-0.05, 0) is 47.5 Å². The molecule has 1 unspecified atom stereocenters.